The van der Waals surface area contributed by atoms with E-state index in [9.17, 15) is 13.2 Å². The Labute approximate surface area is 191 Å². The van der Waals surface area contributed by atoms with Crippen molar-refractivity contribution < 1.29 is 13.2 Å². The van der Waals surface area contributed by atoms with Gasteiger partial charge in [0.1, 0.15) is 5.82 Å². The molecule has 0 unspecified atom stereocenters. The van der Waals surface area contributed by atoms with E-state index in [0.717, 1.165) is 29.6 Å². The number of halogens is 1. The van der Waals surface area contributed by atoms with Crippen LogP contribution in [0.5, 0.6) is 0 Å². The molecule has 0 N–H and O–H groups in total. The van der Waals surface area contributed by atoms with Gasteiger partial charge >= 0.3 is 0 Å². The van der Waals surface area contributed by atoms with E-state index in [1.165, 1.54) is 0 Å². The Hall–Kier alpha value is -2.45. The molecule has 1 amide bonds. The maximum Gasteiger partial charge on any atom is 0.238 e. The number of nitrogens with zero attached hydrogens (tertiary/aromatic N) is 4. The van der Waals surface area contributed by atoms with Crippen LogP contribution in [0.4, 0.5) is 5.69 Å². The number of sulfone groups is 1. The molecule has 2 aromatic heterocycles. The first-order valence-electron chi connectivity index (χ1n) is 10.8. The third-order valence-corrected chi connectivity index (χ3v) is 10.5. The summed E-state index contributed by atoms with van der Waals surface area (Å²) in [6.07, 6.45) is 5.68. The van der Waals surface area contributed by atoms with Gasteiger partial charge in [0.2, 0.25) is 5.91 Å². The first-order valence-corrected chi connectivity index (χ1v) is 12.8. The van der Waals surface area contributed by atoms with Crippen molar-refractivity contribution in [3.63, 3.8) is 0 Å². The second-order valence-corrected chi connectivity index (χ2v) is 12.8. The Morgan fingerprint density at radius 2 is 2.00 bits per heavy atom. The predicted molar refractivity (Wildman–Crippen MR) is 123 cm³/mol. The van der Waals surface area contributed by atoms with Gasteiger partial charge in [-0.2, -0.15) is 0 Å². The molecule has 1 spiro atoms. The molecule has 0 bridgehead atoms. The third kappa shape index (κ3) is 2.53. The Bertz CT molecular complexity index is 1410. The van der Waals surface area contributed by atoms with Crippen LogP contribution in [0.1, 0.15) is 50.5 Å². The molecule has 1 aliphatic carbocycles. The highest BCUT2D eigenvalue weighted by Gasteiger charge is 2.59. The fourth-order valence-corrected chi connectivity index (χ4v) is 7.37. The Kier molecular flexibility index (Phi) is 3.99. The molecular formula is C23H23ClN4O3S. The molecular weight excluding hydrogens is 448 g/mol. The zero-order valence-electron chi connectivity index (χ0n) is 17.9. The molecule has 0 radical (unpaired) electrons. The number of amides is 1. The number of pyridine rings is 1. The minimum absolute atomic E-state index is 0.0791. The predicted octanol–water partition coefficient (Wildman–Crippen LogP) is 3.80. The third-order valence-electron chi connectivity index (χ3n) is 7.61. The minimum atomic E-state index is -3.25. The average Bonchev–Trinajstić information content (AvgIpc) is 3.38. The summed E-state index contributed by atoms with van der Waals surface area (Å²) in [6.45, 7) is 3.83. The number of carbonyl (C=O) groups excluding carboxylic acids is 1. The van der Waals surface area contributed by atoms with E-state index >= 15 is 0 Å². The van der Waals surface area contributed by atoms with Crippen LogP contribution in [0.3, 0.4) is 0 Å². The Balaban J connectivity index is 1.51. The van der Waals surface area contributed by atoms with Gasteiger partial charge in [0.15, 0.2) is 9.84 Å². The van der Waals surface area contributed by atoms with Gasteiger partial charge in [-0.05, 0) is 62.9 Å². The molecule has 3 aromatic rings. The standard InChI is InChI=1S/C23H23ClN4O3S/c1-22(2)19(6-10-32(22,30)31)28-17-4-3-14(24)11-16(17)26-20(28)13-27-18-12-25-9-5-15(18)23(7-8-23)21(27)29/h3-5,9,11-12,19H,6-8,10,13H2,1-2H3/t19-/m1/s1. The van der Waals surface area contributed by atoms with Crippen molar-refractivity contribution >= 4 is 44.1 Å². The maximum absolute atomic E-state index is 13.4. The fraction of sp³-hybridized carbons (Fsp3) is 0.435. The van der Waals surface area contributed by atoms with Crippen molar-refractivity contribution in [1.82, 2.24) is 14.5 Å². The molecule has 9 heteroatoms. The highest BCUT2D eigenvalue weighted by molar-refractivity contribution is 7.93. The maximum atomic E-state index is 13.4. The van der Waals surface area contributed by atoms with Crippen LogP contribution in [0.15, 0.2) is 36.7 Å². The lowest BCUT2D eigenvalue weighted by Crippen LogP contribution is -2.37. The van der Waals surface area contributed by atoms with Crippen molar-refractivity contribution in [2.75, 3.05) is 10.7 Å². The minimum Gasteiger partial charge on any atom is -0.322 e. The number of anilines is 1. The van der Waals surface area contributed by atoms with E-state index in [-0.39, 0.29) is 24.2 Å². The molecule has 6 rings (SSSR count). The SMILES string of the molecule is CC1(C)[C@H](n2c(CN3C(=O)C4(CC4)c4ccncc43)nc3cc(Cl)ccc32)CCS1(=O)=O. The van der Waals surface area contributed by atoms with Crippen molar-refractivity contribution in [2.45, 2.75) is 55.9 Å². The van der Waals surface area contributed by atoms with Crippen molar-refractivity contribution in [3.05, 3.63) is 53.1 Å². The quantitative estimate of drug-likeness (QED) is 0.581. The molecule has 2 fully saturated rings. The van der Waals surface area contributed by atoms with Crippen LogP contribution >= 0.6 is 11.6 Å². The van der Waals surface area contributed by atoms with Gasteiger partial charge in [-0.15, -0.1) is 0 Å². The molecule has 4 heterocycles. The van der Waals surface area contributed by atoms with E-state index < -0.39 is 20.0 Å². The Morgan fingerprint density at radius 3 is 2.69 bits per heavy atom. The lowest BCUT2D eigenvalue weighted by molar-refractivity contribution is -0.120. The number of carbonyl (C=O) groups is 1. The number of rotatable bonds is 3. The molecule has 166 valence electrons. The zero-order valence-corrected chi connectivity index (χ0v) is 19.4. The van der Waals surface area contributed by atoms with E-state index in [1.54, 1.807) is 43.3 Å². The molecule has 3 aliphatic rings. The van der Waals surface area contributed by atoms with Crippen LogP contribution in [-0.4, -0.2) is 39.4 Å². The van der Waals surface area contributed by atoms with Gasteiger partial charge in [-0.1, -0.05) is 11.6 Å². The van der Waals surface area contributed by atoms with Gasteiger partial charge in [0, 0.05) is 11.2 Å². The van der Waals surface area contributed by atoms with Crippen LogP contribution in [-0.2, 0) is 26.6 Å². The number of imidazole rings is 1. The molecule has 1 aromatic carbocycles. The Morgan fingerprint density at radius 1 is 1.22 bits per heavy atom. The van der Waals surface area contributed by atoms with Gasteiger partial charge in [-0.25, -0.2) is 13.4 Å². The van der Waals surface area contributed by atoms with Crippen molar-refractivity contribution in [2.24, 2.45) is 0 Å². The summed E-state index contributed by atoms with van der Waals surface area (Å²) in [6, 6.07) is 7.13. The molecule has 32 heavy (non-hydrogen) atoms. The topological polar surface area (TPSA) is 85.2 Å². The number of hydrogen-bond donors (Lipinski definition) is 0. The largest absolute Gasteiger partial charge is 0.322 e. The number of hydrogen-bond acceptors (Lipinski definition) is 5. The first-order chi connectivity index (χ1) is 15.2. The molecule has 1 saturated carbocycles. The van der Waals surface area contributed by atoms with Gasteiger partial charge in [0.05, 0.1) is 51.4 Å². The van der Waals surface area contributed by atoms with E-state index in [2.05, 4.69) is 4.98 Å². The summed E-state index contributed by atoms with van der Waals surface area (Å²) < 4.78 is 26.7. The fourth-order valence-electron chi connectivity index (χ4n) is 5.50. The number of fused-ring (bicyclic) bond motifs is 3. The number of benzene rings is 1. The van der Waals surface area contributed by atoms with E-state index in [1.807, 2.05) is 16.7 Å². The zero-order chi connectivity index (χ0) is 22.5. The van der Waals surface area contributed by atoms with Crippen LogP contribution < -0.4 is 4.90 Å². The monoisotopic (exact) mass is 470 g/mol. The molecule has 1 saturated heterocycles. The lowest BCUT2D eigenvalue weighted by atomic mass is 9.99. The van der Waals surface area contributed by atoms with Crippen LogP contribution in [0.25, 0.3) is 11.0 Å². The average molecular weight is 471 g/mol. The molecule has 2 aliphatic heterocycles. The molecule has 1 atom stereocenters. The summed E-state index contributed by atoms with van der Waals surface area (Å²) in [5.74, 6) is 0.879. The highest BCUT2D eigenvalue weighted by Crippen LogP contribution is 2.57. The second-order valence-electron chi connectivity index (χ2n) is 9.62. The summed E-state index contributed by atoms with van der Waals surface area (Å²) in [5, 5.41) is 0.565. The number of aromatic nitrogens is 3. The van der Waals surface area contributed by atoms with Gasteiger partial charge in [-0.3, -0.25) is 9.78 Å². The second kappa shape index (κ2) is 6.32. The van der Waals surface area contributed by atoms with Crippen LogP contribution in [0.2, 0.25) is 5.02 Å². The molecule has 7 nitrogen and oxygen atoms in total. The van der Waals surface area contributed by atoms with E-state index in [0.29, 0.717) is 22.8 Å². The van der Waals surface area contributed by atoms with Gasteiger partial charge in [0.25, 0.3) is 0 Å². The summed E-state index contributed by atoms with van der Waals surface area (Å²) >= 11 is 6.23. The van der Waals surface area contributed by atoms with Crippen LogP contribution in [0, 0.1) is 0 Å². The lowest BCUT2D eigenvalue weighted by Gasteiger charge is -2.29. The highest BCUT2D eigenvalue weighted by atomic mass is 35.5. The normalized spacial score (nSPS) is 24.4. The first kappa shape index (κ1) is 20.2. The summed E-state index contributed by atoms with van der Waals surface area (Å²) in [5.41, 5.74) is 2.97. The van der Waals surface area contributed by atoms with Crippen molar-refractivity contribution in [3.8, 4) is 0 Å². The smallest absolute Gasteiger partial charge is 0.238 e. The van der Waals surface area contributed by atoms with Gasteiger partial charge < -0.3 is 9.47 Å². The summed E-state index contributed by atoms with van der Waals surface area (Å²) in [7, 11) is -3.25. The van der Waals surface area contributed by atoms with Crippen molar-refractivity contribution in [1.29, 1.82) is 0 Å². The summed E-state index contributed by atoms with van der Waals surface area (Å²) in [4.78, 5) is 24.3. The van der Waals surface area contributed by atoms with E-state index in [4.69, 9.17) is 16.6 Å².